The van der Waals surface area contributed by atoms with Gasteiger partial charge in [0.15, 0.2) is 11.5 Å². The topological polar surface area (TPSA) is 18.5 Å². The maximum absolute atomic E-state index is 7.06. The molecule has 76 heavy (non-hydrogen) atoms. The summed E-state index contributed by atoms with van der Waals surface area (Å²) < 4.78 is 16.2. The molecule has 0 amide bonds. The molecule has 11 aromatic rings. The molecule has 388 valence electrons. The van der Waals surface area contributed by atoms with Crippen molar-refractivity contribution in [3.05, 3.63) is 155 Å². The van der Waals surface area contributed by atoms with Crippen LogP contribution in [0, 0.1) is 0 Å². The van der Waals surface area contributed by atoms with Gasteiger partial charge in [-0.2, -0.15) is 0 Å². The first-order valence-corrected chi connectivity index (χ1v) is 30.8. The Morgan fingerprint density at radius 3 is 0.974 bits per heavy atom. The fourth-order valence-corrected chi connectivity index (χ4v) is 13.5. The van der Waals surface area contributed by atoms with Crippen molar-refractivity contribution in [2.45, 2.75) is 142 Å². The van der Waals surface area contributed by atoms with Crippen molar-refractivity contribution in [2.24, 2.45) is 0 Å². The van der Waals surface area contributed by atoms with Crippen molar-refractivity contribution >= 4 is 118 Å². The van der Waals surface area contributed by atoms with E-state index in [1.54, 1.807) is 0 Å². The molecule has 11 aromatic carbocycles. The minimum absolute atomic E-state index is 0.673. The van der Waals surface area contributed by atoms with Gasteiger partial charge in [0.05, 0.1) is 13.2 Å². The van der Waals surface area contributed by atoms with E-state index in [1.807, 2.05) is 0 Å². The van der Waals surface area contributed by atoms with Crippen LogP contribution < -0.4 is 9.47 Å². The van der Waals surface area contributed by atoms with Gasteiger partial charge in [-0.05, 0) is 190 Å². The van der Waals surface area contributed by atoms with E-state index in [0.717, 1.165) is 33.3 Å². The number of halogens is 2. The van der Waals surface area contributed by atoms with E-state index < -0.39 is 0 Å². The summed E-state index contributed by atoms with van der Waals surface area (Å²) in [5.41, 5.74) is 4.98. The smallest absolute Gasteiger partial charge is 0.161 e. The highest BCUT2D eigenvalue weighted by molar-refractivity contribution is 9.13. The maximum atomic E-state index is 7.06. The summed E-state index contributed by atoms with van der Waals surface area (Å²) in [6.45, 7) is 5.94. The highest BCUT2D eigenvalue weighted by atomic mass is 79.9. The number of hydrogen-bond acceptors (Lipinski definition) is 2. The van der Waals surface area contributed by atoms with Gasteiger partial charge in [-0.1, -0.05) is 239 Å². The Morgan fingerprint density at radius 1 is 0.289 bits per heavy atom. The summed E-state index contributed by atoms with van der Waals surface area (Å²) in [5, 5.41) is 20.1. The molecule has 0 aliphatic carbocycles. The van der Waals surface area contributed by atoms with Crippen LogP contribution in [0.1, 0.15) is 142 Å². The van der Waals surface area contributed by atoms with Crippen LogP contribution in [-0.4, -0.2) is 13.2 Å². The number of hydrogen-bond donors (Lipinski definition) is 0. The highest BCUT2D eigenvalue weighted by Gasteiger charge is 2.28. The van der Waals surface area contributed by atoms with Crippen LogP contribution in [0.5, 0.6) is 11.5 Å². The van der Waals surface area contributed by atoms with Gasteiger partial charge in [0.2, 0.25) is 0 Å². The Hall–Kier alpha value is -5.68. The highest BCUT2D eigenvalue weighted by Crippen LogP contribution is 2.57. The lowest BCUT2D eigenvalue weighted by molar-refractivity contribution is 0.259. The van der Waals surface area contributed by atoms with E-state index in [2.05, 4.69) is 191 Å². The fraction of sp³-hybridized carbons (Fsp3) is 0.333. The lowest BCUT2D eigenvalue weighted by atomic mass is 9.77. The molecule has 0 heterocycles. The molecule has 0 saturated heterocycles. The number of ether oxygens (including phenoxy) is 2. The van der Waals surface area contributed by atoms with Crippen LogP contribution in [0.25, 0.3) is 108 Å². The zero-order valence-corrected chi connectivity index (χ0v) is 48.2. The molecule has 0 radical (unpaired) electrons. The molecule has 11 rings (SSSR count). The van der Waals surface area contributed by atoms with E-state index in [4.69, 9.17) is 9.47 Å². The monoisotopic (exact) mass is 1130 g/mol. The summed E-state index contributed by atoms with van der Waals surface area (Å²) in [4.78, 5) is 0. The van der Waals surface area contributed by atoms with Crippen molar-refractivity contribution < 1.29 is 9.47 Å². The summed E-state index contributed by atoms with van der Waals surface area (Å²) in [5.74, 6) is 1.72. The zero-order chi connectivity index (χ0) is 51.8. The molecule has 2 nitrogen and oxygen atoms in total. The van der Waals surface area contributed by atoms with Crippen molar-refractivity contribution in [1.82, 2.24) is 0 Å². The number of rotatable bonds is 26. The molecule has 0 fully saturated rings. The second-order valence-electron chi connectivity index (χ2n) is 21.7. The Kier molecular flexibility index (Phi) is 17.1. The maximum Gasteiger partial charge on any atom is 0.161 e. The van der Waals surface area contributed by atoms with Crippen LogP contribution in [0.4, 0.5) is 0 Å². The van der Waals surface area contributed by atoms with Gasteiger partial charge in [-0.15, -0.1) is 0 Å². The first-order chi connectivity index (χ1) is 37.6. The summed E-state index contributed by atoms with van der Waals surface area (Å²) >= 11 is 7.80. The van der Waals surface area contributed by atoms with E-state index in [-0.39, 0.29) is 0 Å². The predicted octanol–water partition coefficient (Wildman–Crippen LogP) is 23.8. The predicted molar refractivity (Wildman–Crippen MR) is 339 cm³/mol. The van der Waals surface area contributed by atoms with Crippen molar-refractivity contribution in [1.29, 1.82) is 0 Å². The number of unbranched alkanes of at least 4 members (excludes halogenated alkanes) is 18. The first-order valence-electron chi connectivity index (χ1n) is 29.2. The molecule has 0 spiro atoms. The van der Waals surface area contributed by atoms with E-state index in [1.165, 1.54) is 224 Å². The third-order valence-corrected chi connectivity index (χ3v) is 18.3. The SMILES string of the molecule is CCCCCCCCCCCCOc1cc2c(cc1OCCCCCCCCCCCC)c1c3ccccc3c(-c3ccccc3)c3c4cc5cc(Br)c(Br)cc5cc4c4c(-c5ccccc5)c5ccccc5c2c4c31. The van der Waals surface area contributed by atoms with E-state index >= 15 is 0 Å². The Balaban J connectivity index is 1.15. The average Bonchev–Trinajstić information content (AvgIpc) is 3.08. The number of benzene rings is 11. The fourth-order valence-electron chi connectivity index (χ4n) is 12.7. The zero-order valence-electron chi connectivity index (χ0n) is 45.0. The van der Waals surface area contributed by atoms with Gasteiger partial charge < -0.3 is 9.47 Å². The van der Waals surface area contributed by atoms with Crippen LogP contribution in [-0.2, 0) is 0 Å². The Bertz CT molecular complexity index is 3520. The molecular formula is C72H74Br2O2. The van der Waals surface area contributed by atoms with Crippen molar-refractivity contribution in [3.8, 4) is 33.8 Å². The normalized spacial score (nSPS) is 12.1. The minimum Gasteiger partial charge on any atom is -0.490 e. The van der Waals surface area contributed by atoms with Crippen molar-refractivity contribution in [2.75, 3.05) is 13.2 Å². The van der Waals surface area contributed by atoms with Crippen molar-refractivity contribution in [3.63, 3.8) is 0 Å². The molecule has 0 saturated carbocycles. The lowest BCUT2D eigenvalue weighted by Crippen LogP contribution is -2.04. The minimum atomic E-state index is 0.673. The molecule has 0 atom stereocenters. The molecule has 0 unspecified atom stereocenters. The first kappa shape index (κ1) is 52.4. The average molecular weight is 1130 g/mol. The van der Waals surface area contributed by atoms with Crippen LogP contribution in [0.3, 0.4) is 0 Å². The van der Waals surface area contributed by atoms with E-state index in [9.17, 15) is 0 Å². The van der Waals surface area contributed by atoms with Gasteiger partial charge >= 0.3 is 0 Å². The summed E-state index contributed by atoms with van der Waals surface area (Å²) in [6.07, 6.45) is 25.8. The number of fused-ring (bicyclic) bond motifs is 11. The van der Waals surface area contributed by atoms with Gasteiger partial charge in [-0.3, -0.25) is 0 Å². The molecule has 0 bridgehead atoms. The quantitative estimate of drug-likeness (QED) is 0.0306. The van der Waals surface area contributed by atoms with Crippen LogP contribution in [0.2, 0.25) is 0 Å². The molecular weight excluding hydrogens is 1060 g/mol. The third-order valence-electron chi connectivity index (χ3n) is 16.5. The van der Waals surface area contributed by atoms with Crippen LogP contribution >= 0.6 is 31.9 Å². The molecule has 0 aromatic heterocycles. The van der Waals surface area contributed by atoms with Crippen LogP contribution in [0.15, 0.2) is 155 Å². The second-order valence-corrected chi connectivity index (χ2v) is 23.4. The lowest BCUT2D eigenvalue weighted by Gasteiger charge is -2.26. The van der Waals surface area contributed by atoms with Gasteiger partial charge in [0.1, 0.15) is 0 Å². The largest absolute Gasteiger partial charge is 0.490 e. The molecule has 0 aliphatic rings. The van der Waals surface area contributed by atoms with Gasteiger partial charge in [-0.25, -0.2) is 0 Å². The Morgan fingerprint density at radius 2 is 0.605 bits per heavy atom. The molecule has 4 heteroatoms. The summed E-state index contributed by atoms with van der Waals surface area (Å²) in [6, 6.07) is 54.9. The molecule has 0 aliphatic heterocycles. The van der Waals surface area contributed by atoms with E-state index in [0.29, 0.717) is 13.2 Å². The Labute approximate surface area is 468 Å². The van der Waals surface area contributed by atoms with Gasteiger partial charge in [0, 0.05) is 8.95 Å². The molecule has 0 N–H and O–H groups in total. The summed E-state index contributed by atoms with van der Waals surface area (Å²) in [7, 11) is 0. The third kappa shape index (κ3) is 10.7. The standard InChI is InChI=1S/C72H74Br2O2/c1-3-5-7-9-11-13-15-17-19-31-41-75-63-47-59-60(48-64(63)76-42-32-20-18-16-14-12-10-8-6-4-2)68-56-40-30-28-38-54(56)66(50-35-25-22-26-36-50)70-58-44-52-46-62(74)61(73)45-51(52)43-57(58)69-65(49-33-23-21-24-34-49)53-37-27-29-39-55(53)67(59)71(69)72(68)70/h21-30,33-40,43-48H,3-20,31-32,41-42H2,1-2H3. The second kappa shape index (κ2) is 24.8. The van der Waals surface area contributed by atoms with Gasteiger partial charge in [0.25, 0.3) is 0 Å².